The first-order chi connectivity index (χ1) is 18.4. The molecule has 9 nitrogen and oxygen atoms in total. The van der Waals surface area contributed by atoms with Gasteiger partial charge in [-0.2, -0.15) is 4.98 Å². The first kappa shape index (κ1) is 27.8. The molecule has 2 aromatic heterocycles. The van der Waals surface area contributed by atoms with Crippen molar-refractivity contribution in [3.63, 3.8) is 0 Å². The number of amides is 2. The predicted octanol–water partition coefficient (Wildman–Crippen LogP) is 4.76. The number of unbranched alkanes of at least 4 members (excludes halogenated alkanes) is 1. The third-order valence-corrected chi connectivity index (χ3v) is 7.93. The van der Waals surface area contributed by atoms with E-state index < -0.39 is 24.1 Å². The number of alkyl carbamates (subject to hydrolysis) is 1. The Bertz CT molecular complexity index is 1200. The van der Waals surface area contributed by atoms with Gasteiger partial charge < -0.3 is 25.2 Å². The number of nitrogens with zero attached hydrogens (tertiary/aromatic N) is 2. The number of aliphatic hydroxyl groups excluding tert-OH is 1. The van der Waals surface area contributed by atoms with Gasteiger partial charge in [-0.1, -0.05) is 56.5 Å². The van der Waals surface area contributed by atoms with Crippen LogP contribution in [0.2, 0.25) is 0 Å². The molecule has 1 fully saturated rings. The van der Waals surface area contributed by atoms with Crippen molar-refractivity contribution >= 4 is 33.6 Å². The van der Waals surface area contributed by atoms with Crippen molar-refractivity contribution in [2.75, 3.05) is 13.2 Å². The van der Waals surface area contributed by atoms with E-state index in [0.717, 1.165) is 47.9 Å². The molecule has 1 aliphatic rings. The van der Waals surface area contributed by atoms with Gasteiger partial charge in [0.25, 0.3) is 5.91 Å². The molecule has 0 saturated heterocycles. The van der Waals surface area contributed by atoms with Gasteiger partial charge in [0, 0.05) is 5.41 Å². The van der Waals surface area contributed by atoms with Crippen LogP contribution in [0.1, 0.15) is 64.0 Å². The average molecular weight is 541 g/mol. The topological polar surface area (TPSA) is 123 Å². The second-order valence-electron chi connectivity index (χ2n) is 10.0. The van der Waals surface area contributed by atoms with Crippen LogP contribution >= 0.6 is 11.3 Å². The monoisotopic (exact) mass is 540 g/mol. The molecule has 0 spiro atoms. The maximum absolute atomic E-state index is 12.8. The number of carbonyl (C=O) groups is 2. The Hall–Kier alpha value is -3.24. The minimum atomic E-state index is -1.40. The number of benzene rings is 1. The summed E-state index contributed by atoms with van der Waals surface area (Å²) in [5.41, 5.74) is 1.47. The van der Waals surface area contributed by atoms with E-state index in [4.69, 9.17) is 9.47 Å². The molecule has 3 N–H and O–H groups in total. The molecular formula is C28H36N4O5S. The molecule has 1 saturated carbocycles. The van der Waals surface area contributed by atoms with E-state index in [2.05, 4.69) is 20.6 Å². The Labute approximate surface area is 227 Å². The third-order valence-electron chi connectivity index (χ3n) is 7.09. The Balaban J connectivity index is 1.29. The minimum Gasteiger partial charge on any atom is -0.463 e. The lowest BCUT2D eigenvalue weighted by Crippen LogP contribution is -2.51. The Morgan fingerprint density at radius 1 is 1.16 bits per heavy atom. The SMILES string of the molecule is CCCC[C@H](NC(=O)OCC1(COc2ncc3sccc3n2)CCC1)C(O)C(=O)N[C@H](C)c1ccccc1. The highest BCUT2D eigenvalue weighted by molar-refractivity contribution is 7.17. The van der Waals surface area contributed by atoms with Crippen molar-refractivity contribution in [1.29, 1.82) is 0 Å². The summed E-state index contributed by atoms with van der Waals surface area (Å²) in [5.74, 6) is -0.533. The summed E-state index contributed by atoms with van der Waals surface area (Å²) in [7, 11) is 0. The standard InChI is InChI=1S/C28H36N4O5S/c1-3-4-11-22(24(33)25(34)30-19(2)20-9-6-5-7-10-20)32-27(35)37-18-28(13-8-14-28)17-36-26-29-16-23-21(31-26)12-15-38-23/h5-7,9-10,12,15-16,19,22,24,33H,3-4,8,11,13-14,17-18H2,1-2H3,(H,30,34)(H,32,35)/t19-,22+,24?/m1/s1. The number of fused-ring (bicyclic) bond motifs is 1. The number of rotatable bonds is 13. The fourth-order valence-corrected chi connectivity index (χ4v) is 5.19. The molecule has 3 atom stereocenters. The number of ether oxygens (including phenoxy) is 2. The molecule has 1 unspecified atom stereocenters. The lowest BCUT2D eigenvalue weighted by molar-refractivity contribution is -0.131. The van der Waals surface area contributed by atoms with Crippen LogP contribution in [0.4, 0.5) is 4.79 Å². The zero-order valence-electron chi connectivity index (χ0n) is 21.9. The van der Waals surface area contributed by atoms with E-state index >= 15 is 0 Å². The van der Waals surface area contributed by atoms with E-state index in [0.29, 0.717) is 19.0 Å². The number of nitrogens with one attached hydrogen (secondary N) is 2. The molecule has 2 heterocycles. The summed E-state index contributed by atoms with van der Waals surface area (Å²) in [6.07, 6.45) is 4.51. The second kappa shape index (κ2) is 13.0. The molecule has 204 valence electrons. The van der Waals surface area contributed by atoms with Gasteiger partial charge in [-0.25, -0.2) is 9.78 Å². The highest BCUT2D eigenvalue weighted by atomic mass is 32.1. The average Bonchev–Trinajstić information content (AvgIpc) is 3.38. The number of aromatic nitrogens is 2. The molecule has 0 radical (unpaired) electrons. The van der Waals surface area contributed by atoms with Crippen LogP contribution in [0.25, 0.3) is 10.2 Å². The van der Waals surface area contributed by atoms with Gasteiger partial charge in [-0.05, 0) is 43.2 Å². The van der Waals surface area contributed by atoms with E-state index in [9.17, 15) is 14.7 Å². The molecule has 0 aliphatic heterocycles. The van der Waals surface area contributed by atoms with Crippen molar-refractivity contribution < 1.29 is 24.2 Å². The zero-order valence-corrected chi connectivity index (χ0v) is 22.7. The molecule has 4 rings (SSSR count). The molecule has 38 heavy (non-hydrogen) atoms. The van der Waals surface area contributed by atoms with Gasteiger partial charge in [0.15, 0.2) is 6.10 Å². The molecular weight excluding hydrogens is 504 g/mol. The lowest BCUT2D eigenvalue weighted by Gasteiger charge is -2.40. The Morgan fingerprint density at radius 3 is 2.66 bits per heavy atom. The number of hydrogen-bond acceptors (Lipinski definition) is 8. The maximum atomic E-state index is 12.8. The van der Waals surface area contributed by atoms with Gasteiger partial charge in [0.2, 0.25) is 0 Å². The highest BCUT2D eigenvalue weighted by Gasteiger charge is 2.40. The van der Waals surface area contributed by atoms with Crippen LogP contribution in [0, 0.1) is 5.41 Å². The summed E-state index contributed by atoms with van der Waals surface area (Å²) >= 11 is 1.57. The molecule has 3 aromatic rings. The van der Waals surface area contributed by atoms with Crippen LogP contribution in [-0.4, -0.2) is 52.4 Å². The van der Waals surface area contributed by atoms with Crippen LogP contribution in [-0.2, 0) is 9.53 Å². The fraction of sp³-hybridized carbons (Fsp3) is 0.500. The Kier molecular flexibility index (Phi) is 9.52. The fourth-order valence-electron chi connectivity index (χ4n) is 4.49. The van der Waals surface area contributed by atoms with E-state index in [1.54, 1.807) is 17.5 Å². The van der Waals surface area contributed by atoms with Gasteiger partial charge in [-0.15, -0.1) is 11.3 Å². The van der Waals surface area contributed by atoms with Crippen molar-refractivity contribution in [2.24, 2.45) is 5.41 Å². The molecule has 1 aromatic carbocycles. The van der Waals surface area contributed by atoms with Crippen molar-refractivity contribution in [3.05, 3.63) is 53.5 Å². The smallest absolute Gasteiger partial charge is 0.407 e. The second-order valence-corrected chi connectivity index (χ2v) is 11.0. The summed E-state index contributed by atoms with van der Waals surface area (Å²) < 4.78 is 12.5. The summed E-state index contributed by atoms with van der Waals surface area (Å²) in [6, 6.07) is 10.7. The van der Waals surface area contributed by atoms with Crippen molar-refractivity contribution in [2.45, 2.75) is 70.6 Å². The molecule has 0 bridgehead atoms. The van der Waals surface area contributed by atoms with Crippen LogP contribution < -0.4 is 15.4 Å². The van der Waals surface area contributed by atoms with E-state index in [1.165, 1.54) is 0 Å². The van der Waals surface area contributed by atoms with Crippen LogP contribution in [0.5, 0.6) is 6.01 Å². The first-order valence-corrected chi connectivity index (χ1v) is 14.1. The zero-order chi connectivity index (χ0) is 27.0. The summed E-state index contributed by atoms with van der Waals surface area (Å²) in [4.78, 5) is 34.2. The van der Waals surface area contributed by atoms with Gasteiger partial charge in [-0.3, -0.25) is 4.79 Å². The minimum absolute atomic E-state index is 0.174. The number of hydrogen-bond donors (Lipinski definition) is 3. The number of thiophene rings is 1. The molecule has 1 aliphatic carbocycles. The van der Waals surface area contributed by atoms with E-state index in [-0.39, 0.29) is 18.1 Å². The van der Waals surface area contributed by atoms with Crippen LogP contribution in [0.15, 0.2) is 48.0 Å². The normalized spacial score (nSPS) is 16.6. The van der Waals surface area contributed by atoms with Crippen LogP contribution in [0.3, 0.4) is 0 Å². The third kappa shape index (κ3) is 7.20. The van der Waals surface area contributed by atoms with Crippen molar-refractivity contribution in [3.8, 4) is 6.01 Å². The van der Waals surface area contributed by atoms with Gasteiger partial charge in [0.1, 0.15) is 13.2 Å². The number of aliphatic hydroxyl groups is 1. The van der Waals surface area contributed by atoms with Gasteiger partial charge in [0.05, 0.1) is 28.5 Å². The van der Waals surface area contributed by atoms with Gasteiger partial charge >= 0.3 is 12.1 Å². The maximum Gasteiger partial charge on any atom is 0.407 e. The largest absolute Gasteiger partial charge is 0.463 e. The molecule has 10 heteroatoms. The number of carbonyl (C=O) groups excluding carboxylic acids is 2. The Morgan fingerprint density at radius 2 is 1.95 bits per heavy atom. The lowest BCUT2D eigenvalue weighted by atomic mass is 9.70. The first-order valence-electron chi connectivity index (χ1n) is 13.2. The summed E-state index contributed by atoms with van der Waals surface area (Å²) in [6.45, 7) is 4.39. The molecule has 2 amide bonds. The quantitative estimate of drug-likeness (QED) is 0.286. The predicted molar refractivity (Wildman–Crippen MR) is 146 cm³/mol. The van der Waals surface area contributed by atoms with E-state index in [1.807, 2.05) is 55.6 Å². The van der Waals surface area contributed by atoms with Crippen molar-refractivity contribution in [1.82, 2.24) is 20.6 Å². The summed E-state index contributed by atoms with van der Waals surface area (Å²) in [5, 5.41) is 18.3. The highest BCUT2D eigenvalue weighted by Crippen LogP contribution is 2.41.